The zero-order valence-electron chi connectivity index (χ0n) is 20.1. The van der Waals surface area contributed by atoms with Crippen molar-refractivity contribution in [1.29, 1.82) is 0 Å². The normalized spacial score (nSPS) is 18.1. The van der Waals surface area contributed by atoms with Crippen LogP contribution < -0.4 is 0 Å². The van der Waals surface area contributed by atoms with E-state index in [4.69, 9.17) is 17.3 Å². The van der Waals surface area contributed by atoms with E-state index in [-0.39, 0.29) is 10.8 Å². The van der Waals surface area contributed by atoms with Gasteiger partial charge in [-0.25, -0.2) is 13.1 Å². The van der Waals surface area contributed by atoms with Gasteiger partial charge in [0.25, 0.3) is 5.91 Å². The van der Waals surface area contributed by atoms with Crippen LogP contribution in [0.25, 0.3) is 23.0 Å². The quantitative estimate of drug-likeness (QED) is 0.231. The van der Waals surface area contributed by atoms with Crippen molar-refractivity contribution in [3.63, 3.8) is 0 Å². The fraction of sp³-hybridized carbons (Fsp3) is 0.222. The lowest BCUT2D eigenvalue weighted by Gasteiger charge is -2.25. The second-order valence-electron chi connectivity index (χ2n) is 8.78. The number of carbonyl (C=O) groups is 1. The number of thiocarbonyl (C=S) groups is 1. The zero-order chi connectivity index (χ0) is 26.0. The van der Waals surface area contributed by atoms with Crippen LogP contribution in [0.5, 0.6) is 0 Å². The summed E-state index contributed by atoms with van der Waals surface area (Å²) in [5.74, 6) is -0.170. The molecule has 0 bridgehead atoms. The molecule has 1 amide bonds. The first kappa shape index (κ1) is 25.6. The second-order valence-corrected chi connectivity index (χ2v) is 12.4. The molecular formula is C27H26N4O3S3. The van der Waals surface area contributed by atoms with Gasteiger partial charge in [-0.1, -0.05) is 66.8 Å². The Kier molecular flexibility index (Phi) is 7.43. The molecule has 0 spiro atoms. The van der Waals surface area contributed by atoms with Crippen LogP contribution in [0.15, 0.2) is 83.2 Å². The van der Waals surface area contributed by atoms with E-state index < -0.39 is 10.0 Å². The van der Waals surface area contributed by atoms with Crippen LogP contribution in [0, 0.1) is 0 Å². The molecule has 2 aromatic carbocycles. The number of amides is 1. The molecule has 7 nitrogen and oxygen atoms in total. The molecule has 37 heavy (non-hydrogen) atoms. The first-order chi connectivity index (χ1) is 17.9. The molecule has 190 valence electrons. The molecule has 0 atom stereocenters. The molecule has 0 radical (unpaired) electrons. The van der Waals surface area contributed by atoms with E-state index in [0.29, 0.717) is 34.6 Å². The number of thioether (sulfide) groups is 1. The van der Waals surface area contributed by atoms with Crippen LogP contribution in [0.1, 0.15) is 24.8 Å². The molecule has 0 N–H and O–H groups in total. The number of sulfonamides is 1. The monoisotopic (exact) mass is 550 g/mol. The van der Waals surface area contributed by atoms with Crippen molar-refractivity contribution >= 4 is 50.3 Å². The Balaban J connectivity index is 1.53. The standard InChI is InChI=1S/C27H26N4O3S3/c1-2-15-30-26(32)24(36-27(30)35)18-21-19-31(22-9-5-3-6-10-22)28-25(21)20-11-13-23(14-12-20)37(33,34)29-16-7-4-8-17-29/h2-3,5-6,9-14,18-19H,1,4,7-8,15-17H2/b24-18-. The van der Waals surface area contributed by atoms with Crippen molar-refractivity contribution in [1.82, 2.24) is 19.0 Å². The maximum Gasteiger partial charge on any atom is 0.266 e. The van der Waals surface area contributed by atoms with Crippen molar-refractivity contribution in [2.45, 2.75) is 24.2 Å². The van der Waals surface area contributed by atoms with Crippen LogP contribution in [0.2, 0.25) is 0 Å². The topological polar surface area (TPSA) is 75.5 Å². The summed E-state index contributed by atoms with van der Waals surface area (Å²) < 4.78 is 30.0. The first-order valence-corrected chi connectivity index (χ1v) is 14.7. The molecule has 1 aromatic heterocycles. The molecule has 2 aliphatic rings. The van der Waals surface area contributed by atoms with Gasteiger partial charge in [0.2, 0.25) is 10.0 Å². The van der Waals surface area contributed by atoms with E-state index >= 15 is 0 Å². The van der Waals surface area contributed by atoms with Crippen LogP contribution >= 0.6 is 24.0 Å². The van der Waals surface area contributed by atoms with E-state index in [9.17, 15) is 13.2 Å². The number of nitrogens with zero attached hydrogens (tertiary/aromatic N) is 4. The van der Waals surface area contributed by atoms with Gasteiger partial charge in [0.1, 0.15) is 4.32 Å². The van der Waals surface area contributed by atoms with Crippen molar-refractivity contribution in [2.75, 3.05) is 19.6 Å². The number of hydrogen-bond acceptors (Lipinski definition) is 6. The second kappa shape index (κ2) is 10.7. The molecule has 10 heteroatoms. The van der Waals surface area contributed by atoms with Gasteiger partial charge in [-0.3, -0.25) is 9.69 Å². The minimum atomic E-state index is -3.53. The van der Waals surface area contributed by atoms with Gasteiger partial charge in [-0.2, -0.15) is 9.40 Å². The summed E-state index contributed by atoms with van der Waals surface area (Å²) in [6.07, 6.45) is 8.13. The molecule has 0 saturated carbocycles. The highest BCUT2D eigenvalue weighted by atomic mass is 32.2. The van der Waals surface area contributed by atoms with Crippen LogP contribution in [0.3, 0.4) is 0 Å². The van der Waals surface area contributed by atoms with Gasteiger partial charge < -0.3 is 0 Å². The highest BCUT2D eigenvalue weighted by molar-refractivity contribution is 8.26. The largest absolute Gasteiger partial charge is 0.289 e. The molecule has 2 saturated heterocycles. The molecule has 5 rings (SSSR count). The fourth-order valence-electron chi connectivity index (χ4n) is 4.40. The number of para-hydroxylation sites is 1. The third-order valence-electron chi connectivity index (χ3n) is 6.32. The number of benzene rings is 2. The van der Waals surface area contributed by atoms with E-state index in [2.05, 4.69) is 6.58 Å². The van der Waals surface area contributed by atoms with Crippen LogP contribution in [0.4, 0.5) is 0 Å². The van der Waals surface area contributed by atoms with E-state index in [0.717, 1.165) is 36.1 Å². The lowest BCUT2D eigenvalue weighted by atomic mass is 10.1. The Morgan fingerprint density at radius 3 is 2.41 bits per heavy atom. The van der Waals surface area contributed by atoms with Crippen molar-refractivity contribution in [3.05, 3.63) is 83.9 Å². The Morgan fingerprint density at radius 1 is 1.03 bits per heavy atom. The third-order valence-corrected chi connectivity index (χ3v) is 9.61. The maximum absolute atomic E-state index is 13.1. The van der Waals surface area contributed by atoms with Crippen molar-refractivity contribution in [3.8, 4) is 16.9 Å². The van der Waals surface area contributed by atoms with E-state index in [1.54, 1.807) is 45.4 Å². The van der Waals surface area contributed by atoms with Gasteiger partial charge in [0.05, 0.1) is 21.2 Å². The van der Waals surface area contributed by atoms with E-state index in [1.807, 2.05) is 36.5 Å². The minimum Gasteiger partial charge on any atom is -0.289 e. The SMILES string of the molecule is C=CCN1C(=O)/C(=C/c2cn(-c3ccccc3)nc2-c2ccc(S(=O)(=O)N3CCCCC3)cc2)SC1=S. The molecule has 0 unspecified atom stereocenters. The summed E-state index contributed by atoms with van der Waals surface area (Å²) in [5.41, 5.74) is 2.99. The van der Waals surface area contributed by atoms with E-state index in [1.165, 1.54) is 16.7 Å². The summed E-state index contributed by atoms with van der Waals surface area (Å²) in [6.45, 7) is 5.17. The number of piperidine rings is 1. The fourth-order valence-corrected chi connectivity index (χ4v) is 7.18. The Bertz CT molecular complexity index is 1470. The molecule has 2 fully saturated rings. The molecular weight excluding hydrogens is 525 g/mol. The van der Waals surface area contributed by atoms with Crippen molar-refractivity contribution < 1.29 is 13.2 Å². The number of aromatic nitrogens is 2. The Morgan fingerprint density at radius 2 is 1.73 bits per heavy atom. The summed E-state index contributed by atoms with van der Waals surface area (Å²) in [4.78, 5) is 15.2. The maximum atomic E-state index is 13.1. The molecule has 0 aliphatic carbocycles. The molecule has 3 aromatic rings. The average Bonchev–Trinajstić information content (AvgIpc) is 3.46. The Hall–Kier alpha value is -3.05. The van der Waals surface area contributed by atoms with Crippen LogP contribution in [-0.2, 0) is 14.8 Å². The van der Waals surface area contributed by atoms with Crippen molar-refractivity contribution in [2.24, 2.45) is 0 Å². The van der Waals surface area contributed by atoms with Gasteiger partial charge in [-0.05, 0) is 43.2 Å². The van der Waals surface area contributed by atoms with Gasteiger partial charge in [0, 0.05) is 37.0 Å². The third kappa shape index (κ3) is 5.19. The minimum absolute atomic E-state index is 0.170. The predicted molar refractivity (Wildman–Crippen MR) is 152 cm³/mol. The van der Waals surface area contributed by atoms with Gasteiger partial charge >= 0.3 is 0 Å². The van der Waals surface area contributed by atoms with Gasteiger partial charge in [0.15, 0.2) is 0 Å². The smallest absolute Gasteiger partial charge is 0.266 e. The highest BCUT2D eigenvalue weighted by Crippen LogP contribution is 2.35. The number of carbonyl (C=O) groups excluding carboxylic acids is 1. The summed E-state index contributed by atoms with van der Waals surface area (Å²) in [5, 5.41) is 4.80. The molecule has 2 aliphatic heterocycles. The number of rotatable bonds is 7. The zero-order valence-corrected chi connectivity index (χ0v) is 22.6. The summed E-state index contributed by atoms with van der Waals surface area (Å²) in [6, 6.07) is 16.5. The summed E-state index contributed by atoms with van der Waals surface area (Å²) >= 11 is 6.63. The summed E-state index contributed by atoms with van der Waals surface area (Å²) in [7, 11) is -3.53. The lowest BCUT2D eigenvalue weighted by Crippen LogP contribution is -2.35. The Labute approximate surface area is 226 Å². The molecule has 3 heterocycles. The van der Waals surface area contributed by atoms with Gasteiger partial charge in [-0.15, -0.1) is 6.58 Å². The average molecular weight is 551 g/mol. The van der Waals surface area contributed by atoms with Crippen LogP contribution in [-0.4, -0.2) is 57.3 Å². The number of hydrogen-bond donors (Lipinski definition) is 0. The predicted octanol–water partition coefficient (Wildman–Crippen LogP) is 5.10. The highest BCUT2D eigenvalue weighted by Gasteiger charge is 2.31. The first-order valence-electron chi connectivity index (χ1n) is 12.0. The lowest BCUT2D eigenvalue weighted by molar-refractivity contribution is -0.121.